The third kappa shape index (κ3) is 4.62. The number of nitrogens with one attached hydrogen (secondary N) is 1. The fraction of sp³-hybridized carbons (Fsp3) is 0.278. The number of nitrogens with zero attached hydrogens (tertiary/aromatic N) is 1. The van der Waals surface area contributed by atoms with E-state index >= 15 is 0 Å². The Morgan fingerprint density at radius 2 is 1.78 bits per heavy atom. The first-order chi connectivity index (χ1) is 12.8. The average Bonchev–Trinajstić information content (AvgIpc) is 3.15. The van der Waals surface area contributed by atoms with Gasteiger partial charge in [-0.05, 0) is 43.2 Å². The number of nitro benzene ring substituents is 1. The Morgan fingerprint density at radius 3 is 2.41 bits per heavy atom. The summed E-state index contributed by atoms with van der Waals surface area (Å²) in [5, 5.41) is 13.7. The van der Waals surface area contributed by atoms with Gasteiger partial charge in [0.1, 0.15) is 10.6 Å². The number of non-ortho nitro benzene ring substituents is 1. The first kappa shape index (κ1) is 18.8. The maximum absolute atomic E-state index is 12.3. The second-order valence-electron chi connectivity index (χ2n) is 6.27. The number of carbonyl (C=O) groups excluding carboxylic acids is 1. The molecule has 1 fully saturated rings. The van der Waals surface area contributed by atoms with Crippen molar-refractivity contribution >= 4 is 21.7 Å². The van der Waals surface area contributed by atoms with E-state index in [2.05, 4.69) is 5.32 Å². The minimum atomic E-state index is -4.23. The molecule has 0 heterocycles. The van der Waals surface area contributed by atoms with Gasteiger partial charge in [0.15, 0.2) is 0 Å². The Labute approximate surface area is 156 Å². The molecule has 1 aliphatic carbocycles. The Bertz CT molecular complexity index is 950. The maximum atomic E-state index is 12.3. The summed E-state index contributed by atoms with van der Waals surface area (Å²) in [5.41, 5.74) is 0.0561. The van der Waals surface area contributed by atoms with Gasteiger partial charge in [-0.1, -0.05) is 18.9 Å². The number of rotatable bonds is 6. The van der Waals surface area contributed by atoms with Crippen molar-refractivity contribution in [1.29, 1.82) is 0 Å². The van der Waals surface area contributed by atoms with Crippen molar-refractivity contribution < 1.29 is 22.3 Å². The smallest absolute Gasteiger partial charge is 0.339 e. The monoisotopic (exact) mass is 390 g/mol. The van der Waals surface area contributed by atoms with Crippen LogP contribution in [-0.4, -0.2) is 25.3 Å². The zero-order chi connectivity index (χ0) is 19.4. The Kier molecular flexibility index (Phi) is 5.41. The number of hydrogen-bond donors (Lipinski definition) is 1. The third-order valence-corrected chi connectivity index (χ3v) is 5.57. The van der Waals surface area contributed by atoms with Crippen LogP contribution in [0.4, 0.5) is 5.69 Å². The van der Waals surface area contributed by atoms with E-state index in [1.165, 1.54) is 42.5 Å². The van der Waals surface area contributed by atoms with E-state index in [0.717, 1.165) is 31.7 Å². The molecule has 1 saturated carbocycles. The topological polar surface area (TPSA) is 116 Å². The molecular formula is C18H18N2O6S. The summed E-state index contributed by atoms with van der Waals surface area (Å²) in [7, 11) is -4.23. The predicted octanol–water partition coefficient (Wildman–Crippen LogP) is 3.03. The summed E-state index contributed by atoms with van der Waals surface area (Å²) < 4.78 is 29.6. The van der Waals surface area contributed by atoms with E-state index in [-0.39, 0.29) is 28.3 Å². The van der Waals surface area contributed by atoms with Crippen molar-refractivity contribution in [3.63, 3.8) is 0 Å². The first-order valence-electron chi connectivity index (χ1n) is 8.45. The quantitative estimate of drug-likeness (QED) is 0.460. The van der Waals surface area contributed by atoms with Crippen LogP contribution in [0.2, 0.25) is 0 Å². The molecule has 0 aliphatic heterocycles. The molecule has 1 N–H and O–H groups in total. The van der Waals surface area contributed by atoms with Crippen LogP contribution in [-0.2, 0) is 10.1 Å². The molecule has 0 aromatic heterocycles. The molecule has 0 unspecified atom stereocenters. The molecule has 1 aliphatic rings. The van der Waals surface area contributed by atoms with Crippen molar-refractivity contribution in [3.8, 4) is 5.75 Å². The summed E-state index contributed by atoms with van der Waals surface area (Å²) in [6.07, 6.45) is 4.14. The molecular weight excluding hydrogens is 372 g/mol. The molecule has 0 radical (unpaired) electrons. The lowest BCUT2D eigenvalue weighted by Crippen LogP contribution is -2.32. The average molecular weight is 390 g/mol. The summed E-state index contributed by atoms with van der Waals surface area (Å²) in [5.74, 6) is -0.200. The summed E-state index contributed by atoms with van der Waals surface area (Å²) in [6, 6.07) is 10.5. The number of carbonyl (C=O) groups is 1. The Morgan fingerprint density at radius 1 is 1.11 bits per heavy atom. The van der Waals surface area contributed by atoms with Crippen molar-refractivity contribution in [2.24, 2.45) is 0 Å². The predicted molar refractivity (Wildman–Crippen MR) is 97.1 cm³/mol. The molecule has 0 spiro atoms. The van der Waals surface area contributed by atoms with Gasteiger partial charge in [-0.25, -0.2) is 0 Å². The zero-order valence-corrected chi connectivity index (χ0v) is 15.1. The lowest BCUT2D eigenvalue weighted by atomic mass is 10.2. The number of benzene rings is 2. The largest absolute Gasteiger partial charge is 0.379 e. The molecule has 0 bridgehead atoms. The number of amides is 1. The SMILES string of the molecule is O=C(NC1CCCC1)c1ccc(OS(=O)(=O)c2cccc([N+](=O)[O-])c2)cc1. The fourth-order valence-corrected chi connectivity index (χ4v) is 3.90. The molecule has 1 amide bonds. The molecule has 8 nitrogen and oxygen atoms in total. The van der Waals surface area contributed by atoms with Gasteiger partial charge in [0.25, 0.3) is 11.6 Å². The molecule has 2 aromatic carbocycles. The van der Waals surface area contributed by atoms with Crippen molar-refractivity contribution in [1.82, 2.24) is 5.32 Å². The van der Waals surface area contributed by atoms with Crippen LogP contribution >= 0.6 is 0 Å². The molecule has 142 valence electrons. The summed E-state index contributed by atoms with van der Waals surface area (Å²) in [6.45, 7) is 0. The molecule has 27 heavy (non-hydrogen) atoms. The van der Waals surface area contributed by atoms with E-state index in [1.54, 1.807) is 0 Å². The van der Waals surface area contributed by atoms with Gasteiger partial charge < -0.3 is 9.50 Å². The fourth-order valence-electron chi connectivity index (χ4n) is 2.93. The lowest BCUT2D eigenvalue weighted by Gasteiger charge is -2.12. The molecule has 0 saturated heterocycles. The lowest BCUT2D eigenvalue weighted by molar-refractivity contribution is -0.385. The van der Waals surface area contributed by atoms with Crippen LogP contribution in [0.5, 0.6) is 5.75 Å². The van der Waals surface area contributed by atoms with Crippen LogP contribution in [0.15, 0.2) is 53.4 Å². The minimum Gasteiger partial charge on any atom is -0.379 e. The van der Waals surface area contributed by atoms with Gasteiger partial charge in [-0.2, -0.15) is 8.42 Å². The number of nitro groups is 1. The normalized spacial score (nSPS) is 14.7. The van der Waals surface area contributed by atoms with Crippen LogP contribution in [0, 0.1) is 10.1 Å². The van der Waals surface area contributed by atoms with Crippen molar-refractivity contribution in [2.45, 2.75) is 36.6 Å². The van der Waals surface area contributed by atoms with E-state index in [0.29, 0.717) is 5.56 Å². The highest BCUT2D eigenvalue weighted by atomic mass is 32.2. The van der Waals surface area contributed by atoms with Gasteiger partial charge in [-0.15, -0.1) is 0 Å². The highest BCUT2D eigenvalue weighted by molar-refractivity contribution is 7.87. The minimum absolute atomic E-state index is 0.0129. The van der Waals surface area contributed by atoms with Crippen molar-refractivity contribution in [3.05, 3.63) is 64.2 Å². The van der Waals surface area contributed by atoms with Crippen LogP contribution in [0.1, 0.15) is 36.0 Å². The zero-order valence-electron chi connectivity index (χ0n) is 14.3. The second-order valence-corrected chi connectivity index (χ2v) is 7.82. The Hall–Kier alpha value is -2.94. The maximum Gasteiger partial charge on any atom is 0.339 e. The van der Waals surface area contributed by atoms with E-state index in [4.69, 9.17) is 4.18 Å². The van der Waals surface area contributed by atoms with Crippen molar-refractivity contribution in [2.75, 3.05) is 0 Å². The second kappa shape index (κ2) is 7.75. The molecule has 2 aromatic rings. The highest BCUT2D eigenvalue weighted by Gasteiger charge is 2.21. The van der Waals surface area contributed by atoms with Gasteiger partial charge in [0.2, 0.25) is 0 Å². The molecule has 0 atom stereocenters. The van der Waals surface area contributed by atoms with Crippen LogP contribution in [0.25, 0.3) is 0 Å². The molecule has 3 rings (SSSR count). The van der Waals surface area contributed by atoms with E-state index < -0.39 is 15.0 Å². The first-order valence-corrected chi connectivity index (χ1v) is 9.86. The van der Waals surface area contributed by atoms with Gasteiger partial charge in [-0.3, -0.25) is 14.9 Å². The van der Waals surface area contributed by atoms with Gasteiger partial charge >= 0.3 is 10.1 Å². The summed E-state index contributed by atoms with van der Waals surface area (Å²) in [4.78, 5) is 22.0. The van der Waals surface area contributed by atoms with Gasteiger partial charge in [0, 0.05) is 23.7 Å². The van der Waals surface area contributed by atoms with E-state index in [1.807, 2.05) is 0 Å². The third-order valence-electron chi connectivity index (χ3n) is 4.33. The van der Waals surface area contributed by atoms with Crippen LogP contribution < -0.4 is 9.50 Å². The number of hydrogen-bond acceptors (Lipinski definition) is 6. The van der Waals surface area contributed by atoms with E-state index in [9.17, 15) is 23.3 Å². The molecule has 9 heteroatoms. The van der Waals surface area contributed by atoms with Gasteiger partial charge in [0.05, 0.1) is 4.92 Å². The highest BCUT2D eigenvalue weighted by Crippen LogP contribution is 2.23. The Balaban J connectivity index is 1.70. The van der Waals surface area contributed by atoms with Crippen LogP contribution in [0.3, 0.4) is 0 Å². The summed E-state index contributed by atoms with van der Waals surface area (Å²) >= 11 is 0. The standard InChI is InChI=1S/C18H18N2O6S/c21-18(19-14-4-1-2-5-14)13-8-10-16(11-9-13)26-27(24,25)17-7-3-6-15(12-17)20(22)23/h3,6-12,14H,1-2,4-5H2,(H,19,21).